The molecule has 3 amide bonds. The van der Waals surface area contributed by atoms with Gasteiger partial charge in [-0.25, -0.2) is 0 Å². The Labute approximate surface area is 242 Å². The normalized spacial score (nSPS) is 18.6. The maximum Gasteiger partial charge on any atom is 0.264 e. The molecule has 196 valence electrons. The molecule has 7 nitrogen and oxygen atoms in total. The molecule has 3 aromatic carbocycles. The van der Waals surface area contributed by atoms with Crippen molar-refractivity contribution < 1.29 is 23.9 Å². The van der Waals surface area contributed by atoms with Crippen LogP contribution in [0.15, 0.2) is 36.4 Å². The van der Waals surface area contributed by atoms with Crippen LogP contribution in [0, 0.1) is 6.92 Å². The SMILES string of the molecule is COc1ccc(OC)c([C@@H]2[C@@H](N3C(=O)c4c(Cl)c(Cl)c(Cl)c(Cl)c4C3=O)C(=O)N2c2cccc(Cl)c2C)c1. The molecule has 0 unspecified atom stereocenters. The van der Waals surface area contributed by atoms with Crippen LogP contribution in [0.3, 0.4) is 0 Å². The first kappa shape index (κ1) is 26.9. The molecule has 0 aromatic heterocycles. The number of amides is 3. The van der Waals surface area contributed by atoms with Crippen molar-refractivity contribution in [2.45, 2.75) is 19.0 Å². The van der Waals surface area contributed by atoms with Gasteiger partial charge in [0.2, 0.25) is 0 Å². The molecule has 0 bridgehead atoms. The second kappa shape index (κ2) is 9.81. The standard InChI is InChI=1S/C26H17Cl5N2O5/c1-10-13(27)5-4-6-14(10)32-22(12-9-11(37-2)7-8-15(12)38-3)23(26(32)36)33-24(34)16-17(25(33)35)19(29)21(31)20(30)18(16)28/h4-9,22-23H,1-3H3/t22-,23-/m1/s1. The number of halogens is 5. The molecular formula is C26H17Cl5N2O5. The van der Waals surface area contributed by atoms with E-state index in [1.807, 2.05) is 0 Å². The van der Waals surface area contributed by atoms with E-state index in [1.54, 1.807) is 43.3 Å². The molecule has 2 aliphatic heterocycles. The molecular weight excluding hydrogens is 598 g/mol. The highest BCUT2D eigenvalue weighted by molar-refractivity contribution is 6.55. The molecule has 0 saturated carbocycles. The van der Waals surface area contributed by atoms with E-state index in [0.29, 0.717) is 33.3 Å². The largest absolute Gasteiger partial charge is 0.497 e. The van der Waals surface area contributed by atoms with E-state index in [9.17, 15) is 14.4 Å². The van der Waals surface area contributed by atoms with Gasteiger partial charge in [0.25, 0.3) is 17.7 Å². The maximum absolute atomic E-state index is 13.8. The monoisotopic (exact) mass is 612 g/mol. The minimum atomic E-state index is -1.27. The number of β-lactam (4-membered cyclic amide) rings is 1. The van der Waals surface area contributed by atoms with Crippen LogP contribution in [0.5, 0.6) is 11.5 Å². The van der Waals surface area contributed by atoms with Crippen molar-refractivity contribution in [3.05, 3.63) is 83.8 Å². The van der Waals surface area contributed by atoms with Crippen molar-refractivity contribution in [2.75, 3.05) is 19.1 Å². The van der Waals surface area contributed by atoms with E-state index in [1.165, 1.54) is 19.1 Å². The first-order valence-electron chi connectivity index (χ1n) is 11.1. The van der Waals surface area contributed by atoms with E-state index in [4.69, 9.17) is 67.5 Å². The molecule has 0 radical (unpaired) electrons. The van der Waals surface area contributed by atoms with Crippen LogP contribution in [0.25, 0.3) is 0 Å². The van der Waals surface area contributed by atoms with Crippen molar-refractivity contribution in [3.8, 4) is 11.5 Å². The van der Waals surface area contributed by atoms with Gasteiger partial charge in [-0.1, -0.05) is 64.1 Å². The number of carbonyl (C=O) groups is 3. The average Bonchev–Trinajstić information content (AvgIpc) is 3.16. The van der Waals surface area contributed by atoms with Crippen LogP contribution in [0.2, 0.25) is 25.1 Å². The summed E-state index contributed by atoms with van der Waals surface area (Å²) in [5.41, 5.74) is 1.23. The highest BCUT2D eigenvalue weighted by Crippen LogP contribution is 2.51. The Hall–Kier alpha value is -2.68. The quantitative estimate of drug-likeness (QED) is 0.134. The van der Waals surface area contributed by atoms with Gasteiger partial charge in [0.15, 0.2) is 0 Å². The van der Waals surface area contributed by atoms with E-state index in [-0.39, 0.29) is 31.2 Å². The number of anilines is 1. The highest BCUT2D eigenvalue weighted by atomic mass is 35.5. The Balaban J connectivity index is 1.71. The number of hydrogen-bond acceptors (Lipinski definition) is 5. The summed E-state index contributed by atoms with van der Waals surface area (Å²) < 4.78 is 11.0. The lowest BCUT2D eigenvalue weighted by atomic mass is 9.85. The van der Waals surface area contributed by atoms with Gasteiger partial charge in [0, 0.05) is 16.3 Å². The lowest BCUT2D eigenvalue weighted by Gasteiger charge is -2.50. The van der Waals surface area contributed by atoms with Gasteiger partial charge in [0.1, 0.15) is 17.5 Å². The van der Waals surface area contributed by atoms with Gasteiger partial charge in [-0.15, -0.1) is 0 Å². The van der Waals surface area contributed by atoms with Gasteiger partial charge in [-0.05, 0) is 42.8 Å². The van der Waals surface area contributed by atoms with Crippen LogP contribution in [-0.2, 0) is 4.79 Å². The van der Waals surface area contributed by atoms with E-state index < -0.39 is 29.8 Å². The Morgan fingerprint density at radius 1 is 0.737 bits per heavy atom. The summed E-state index contributed by atoms with van der Waals surface area (Å²) in [6, 6.07) is 8.04. The molecule has 0 aliphatic carbocycles. The number of ether oxygens (including phenoxy) is 2. The molecule has 3 aromatic rings. The molecule has 38 heavy (non-hydrogen) atoms. The number of imide groups is 1. The van der Waals surface area contributed by atoms with Gasteiger partial charge in [0.05, 0.1) is 51.5 Å². The number of rotatable bonds is 5. The molecule has 0 spiro atoms. The topological polar surface area (TPSA) is 76.1 Å². The predicted molar refractivity (Wildman–Crippen MR) is 147 cm³/mol. The summed E-state index contributed by atoms with van der Waals surface area (Å²) in [6.07, 6.45) is 0. The number of fused-ring (bicyclic) bond motifs is 1. The van der Waals surface area contributed by atoms with Crippen LogP contribution >= 0.6 is 58.0 Å². The second-order valence-electron chi connectivity index (χ2n) is 8.58. The summed E-state index contributed by atoms with van der Waals surface area (Å²) in [5, 5.41) is -0.327. The van der Waals surface area contributed by atoms with E-state index >= 15 is 0 Å². The maximum atomic E-state index is 13.8. The minimum Gasteiger partial charge on any atom is -0.497 e. The molecule has 0 N–H and O–H groups in total. The van der Waals surface area contributed by atoms with Crippen LogP contribution in [0.1, 0.15) is 37.9 Å². The number of methoxy groups -OCH3 is 2. The van der Waals surface area contributed by atoms with E-state index in [2.05, 4.69) is 0 Å². The van der Waals surface area contributed by atoms with Crippen molar-refractivity contribution in [2.24, 2.45) is 0 Å². The molecule has 2 heterocycles. The van der Waals surface area contributed by atoms with Gasteiger partial charge < -0.3 is 9.47 Å². The van der Waals surface area contributed by atoms with Crippen molar-refractivity contribution in [1.29, 1.82) is 0 Å². The molecule has 1 saturated heterocycles. The summed E-state index contributed by atoms with van der Waals surface area (Å²) >= 11 is 31.4. The number of hydrogen-bond donors (Lipinski definition) is 0. The first-order valence-corrected chi connectivity index (χ1v) is 13.0. The van der Waals surface area contributed by atoms with Crippen molar-refractivity contribution in [3.63, 3.8) is 0 Å². The second-order valence-corrected chi connectivity index (χ2v) is 10.5. The predicted octanol–water partition coefficient (Wildman–Crippen LogP) is 7.03. The third-order valence-corrected chi connectivity index (χ3v) is 8.94. The Kier molecular flexibility index (Phi) is 6.95. The van der Waals surface area contributed by atoms with Crippen molar-refractivity contribution in [1.82, 2.24) is 4.90 Å². The Morgan fingerprint density at radius 3 is 1.89 bits per heavy atom. The number of carbonyl (C=O) groups excluding carboxylic acids is 3. The zero-order valence-electron chi connectivity index (χ0n) is 19.9. The summed E-state index contributed by atoms with van der Waals surface area (Å²) in [7, 11) is 2.97. The minimum absolute atomic E-state index is 0.165. The molecule has 2 atom stereocenters. The summed E-state index contributed by atoms with van der Waals surface area (Å²) in [6.45, 7) is 1.77. The lowest BCUT2D eigenvalue weighted by Crippen LogP contribution is -2.67. The first-order chi connectivity index (χ1) is 18.0. The number of benzene rings is 3. The number of nitrogens with zero attached hydrogens (tertiary/aromatic N) is 2. The van der Waals surface area contributed by atoms with Gasteiger partial charge in [-0.2, -0.15) is 0 Å². The summed E-state index contributed by atoms with van der Waals surface area (Å²) in [4.78, 5) is 43.5. The Bertz CT molecular complexity index is 1510. The van der Waals surface area contributed by atoms with Gasteiger partial charge >= 0.3 is 0 Å². The third kappa shape index (κ3) is 3.75. The average molecular weight is 615 g/mol. The molecule has 2 aliphatic rings. The van der Waals surface area contributed by atoms with Crippen LogP contribution < -0.4 is 14.4 Å². The third-order valence-electron chi connectivity index (χ3n) is 6.73. The van der Waals surface area contributed by atoms with Crippen molar-refractivity contribution >= 4 is 81.4 Å². The lowest BCUT2D eigenvalue weighted by molar-refractivity contribution is -0.130. The fourth-order valence-electron chi connectivity index (χ4n) is 4.85. The summed E-state index contributed by atoms with van der Waals surface area (Å²) in [5.74, 6) is -1.26. The highest BCUT2D eigenvalue weighted by Gasteiger charge is 2.59. The smallest absolute Gasteiger partial charge is 0.264 e. The molecule has 1 fully saturated rings. The molecule has 12 heteroatoms. The van der Waals surface area contributed by atoms with Crippen LogP contribution in [0.4, 0.5) is 5.69 Å². The Morgan fingerprint density at radius 2 is 1.34 bits per heavy atom. The zero-order valence-corrected chi connectivity index (χ0v) is 23.7. The fraction of sp³-hybridized carbons (Fsp3) is 0.192. The molecule has 5 rings (SSSR count). The fourth-order valence-corrected chi connectivity index (χ4v) is 6.03. The zero-order chi connectivity index (χ0) is 27.6. The van der Waals surface area contributed by atoms with Crippen LogP contribution in [-0.4, -0.2) is 42.9 Å². The van der Waals surface area contributed by atoms with E-state index in [0.717, 1.165) is 4.90 Å². The van der Waals surface area contributed by atoms with Gasteiger partial charge in [-0.3, -0.25) is 24.2 Å².